The summed E-state index contributed by atoms with van der Waals surface area (Å²) in [5.74, 6) is 0.552. The molecule has 0 unspecified atom stereocenters. The molecule has 22 heavy (non-hydrogen) atoms. The summed E-state index contributed by atoms with van der Waals surface area (Å²) in [4.78, 5) is 4.21. The van der Waals surface area contributed by atoms with Gasteiger partial charge in [-0.2, -0.15) is 5.26 Å². The van der Waals surface area contributed by atoms with Crippen LogP contribution in [0, 0.1) is 11.3 Å². The van der Waals surface area contributed by atoms with E-state index in [1.54, 1.807) is 37.6 Å². The van der Waals surface area contributed by atoms with Gasteiger partial charge in [0, 0.05) is 25.9 Å². The van der Waals surface area contributed by atoms with E-state index in [1.165, 1.54) is 0 Å². The molecule has 1 N–H and O–H groups in total. The number of nitrogens with zero attached hydrogens (tertiary/aromatic N) is 2. The molecule has 114 valence electrons. The lowest BCUT2D eigenvalue weighted by Crippen LogP contribution is -2.06. The fourth-order valence-electron chi connectivity index (χ4n) is 1.82. The van der Waals surface area contributed by atoms with Crippen LogP contribution >= 0.6 is 11.6 Å². The molecule has 0 saturated heterocycles. The topological polar surface area (TPSA) is 67.2 Å². The van der Waals surface area contributed by atoms with E-state index in [1.807, 2.05) is 6.07 Å². The SMILES string of the molecule is COCCOc1ccc(CNc2c(Cl)cccc2C#N)cn1. The Kier molecular flexibility index (Phi) is 6.01. The lowest BCUT2D eigenvalue weighted by Gasteiger charge is -2.10. The number of hydrogen-bond acceptors (Lipinski definition) is 5. The Morgan fingerprint density at radius 1 is 1.27 bits per heavy atom. The van der Waals surface area contributed by atoms with Crippen LogP contribution in [0.1, 0.15) is 11.1 Å². The average Bonchev–Trinajstić information content (AvgIpc) is 2.55. The van der Waals surface area contributed by atoms with Gasteiger partial charge in [0.05, 0.1) is 22.9 Å². The number of halogens is 1. The third-order valence-electron chi connectivity index (χ3n) is 2.94. The van der Waals surface area contributed by atoms with Crippen molar-refractivity contribution in [3.63, 3.8) is 0 Å². The number of benzene rings is 1. The van der Waals surface area contributed by atoms with Crippen molar-refractivity contribution in [3.05, 3.63) is 52.7 Å². The van der Waals surface area contributed by atoms with Gasteiger partial charge in [-0.1, -0.05) is 23.7 Å². The van der Waals surface area contributed by atoms with Crippen molar-refractivity contribution >= 4 is 17.3 Å². The van der Waals surface area contributed by atoms with E-state index >= 15 is 0 Å². The van der Waals surface area contributed by atoms with E-state index < -0.39 is 0 Å². The molecular formula is C16H16ClN3O2. The normalized spacial score (nSPS) is 10.0. The molecule has 6 heteroatoms. The number of aromatic nitrogens is 1. The quantitative estimate of drug-likeness (QED) is 0.794. The molecule has 0 radical (unpaired) electrons. The molecule has 0 saturated carbocycles. The fourth-order valence-corrected chi connectivity index (χ4v) is 2.06. The smallest absolute Gasteiger partial charge is 0.213 e. The van der Waals surface area contributed by atoms with Crippen molar-refractivity contribution in [2.45, 2.75) is 6.54 Å². The second kappa shape index (κ2) is 8.23. The third kappa shape index (κ3) is 4.35. The molecule has 0 aliphatic carbocycles. The first-order valence-corrected chi connectivity index (χ1v) is 7.11. The van der Waals surface area contributed by atoms with E-state index in [4.69, 9.17) is 26.3 Å². The minimum absolute atomic E-state index is 0.465. The first-order chi connectivity index (χ1) is 10.7. The summed E-state index contributed by atoms with van der Waals surface area (Å²) in [6.45, 7) is 1.50. The Labute approximate surface area is 134 Å². The molecular weight excluding hydrogens is 302 g/mol. The molecule has 0 amide bonds. The predicted octanol–water partition coefficient (Wildman–Crippen LogP) is 3.24. The Morgan fingerprint density at radius 2 is 2.14 bits per heavy atom. The lowest BCUT2D eigenvalue weighted by molar-refractivity contribution is 0.143. The highest BCUT2D eigenvalue weighted by atomic mass is 35.5. The molecule has 0 bridgehead atoms. The first-order valence-electron chi connectivity index (χ1n) is 6.73. The lowest BCUT2D eigenvalue weighted by atomic mass is 10.2. The summed E-state index contributed by atoms with van der Waals surface area (Å²) >= 11 is 6.11. The van der Waals surface area contributed by atoms with Gasteiger partial charge in [-0.15, -0.1) is 0 Å². The molecule has 1 aromatic heterocycles. The van der Waals surface area contributed by atoms with Gasteiger partial charge < -0.3 is 14.8 Å². The summed E-state index contributed by atoms with van der Waals surface area (Å²) in [6, 6.07) is 11.0. The van der Waals surface area contributed by atoms with Gasteiger partial charge in [0.25, 0.3) is 0 Å². The Bertz CT molecular complexity index is 653. The average molecular weight is 318 g/mol. The zero-order chi connectivity index (χ0) is 15.8. The number of hydrogen-bond donors (Lipinski definition) is 1. The molecule has 2 rings (SSSR count). The highest BCUT2D eigenvalue weighted by molar-refractivity contribution is 6.33. The van der Waals surface area contributed by atoms with Crippen LogP contribution in [0.3, 0.4) is 0 Å². The monoisotopic (exact) mass is 317 g/mol. The van der Waals surface area contributed by atoms with Gasteiger partial charge >= 0.3 is 0 Å². The molecule has 2 aromatic rings. The number of nitrogens with one attached hydrogen (secondary N) is 1. The van der Waals surface area contributed by atoms with Crippen molar-refractivity contribution in [2.24, 2.45) is 0 Å². The minimum atomic E-state index is 0.465. The molecule has 1 aromatic carbocycles. The van der Waals surface area contributed by atoms with Crippen LogP contribution in [-0.2, 0) is 11.3 Å². The van der Waals surface area contributed by atoms with Crippen LogP contribution in [0.5, 0.6) is 5.88 Å². The largest absolute Gasteiger partial charge is 0.475 e. The summed E-state index contributed by atoms with van der Waals surface area (Å²) in [6.07, 6.45) is 1.72. The predicted molar refractivity (Wildman–Crippen MR) is 85.1 cm³/mol. The molecule has 0 aliphatic heterocycles. The zero-order valence-electron chi connectivity index (χ0n) is 12.2. The van der Waals surface area contributed by atoms with Crippen LogP contribution in [0.4, 0.5) is 5.69 Å². The standard InChI is InChI=1S/C16H16ClN3O2/c1-21-7-8-22-15-6-5-12(10-19-15)11-20-16-13(9-18)3-2-4-14(16)17/h2-6,10,20H,7-8,11H2,1H3. The van der Waals surface area contributed by atoms with E-state index in [9.17, 15) is 0 Å². The molecule has 0 spiro atoms. The van der Waals surface area contributed by atoms with E-state index in [2.05, 4.69) is 16.4 Å². The van der Waals surface area contributed by atoms with Crippen molar-refractivity contribution < 1.29 is 9.47 Å². The van der Waals surface area contributed by atoms with Crippen LogP contribution in [0.15, 0.2) is 36.5 Å². The fraction of sp³-hybridized carbons (Fsp3) is 0.250. The van der Waals surface area contributed by atoms with Crippen LogP contribution in [0.25, 0.3) is 0 Å². The number of para-hydroxylation sites is 1. The van der Waals surface area contributed by atoms with Gasteiger partial charge in [-0.3, -0.25) is 0 Å². The molecule has 5 nitrogen and oxygen atoms in total. The van der Waals surface area contributed by atoms with Crippen LogP contribution < -0.4 is 10.1 Å². The first kappa shape index (κ1) is 16.1. The Morgan fingerprint density at radius 3 is 2.82 bits per heavy atom. The number of rotatable bonds is 7. The minimum Gasteiger partial charge on any atom is -0.475 e. The van der Waals surface area contributed by atoms with E-state index in [0.717, 1.165) is 5.56 Å². The summed E-state index contributed by atoms with van der Waals surface area (Å²) in [5, 5.41) is 12.8. The summed E-state index contributed by atoms with van der Waals surface area (Å²) < 4.78 is 10.3. The van der Waals surface area contributed by atoms with Gasteiger partial charge in [-0.05, 0) is 17.7 Å². The highest BCUT2D eigenvalue weighted by Crippen LogP contribution is 2.25. The number of methoxy groups -OCH3 is 1. The molecule has 0 atom stereocenters. The van der Waals surface area contributed by atoms with Crippen LogP contribution in [0.2, 0.25) is 5.02 Å². The maximum absolute atomic E-state index is 9.09. The molecule has 0 fully saturated rings. The van der Waals surface area contributed by atoms with Gasteiger partial charge in [0.2, 0.25) is 5.88 Å². The second-order valence-electron chi connectivity index (χ2n) is 4.47. The molecule has 1 heterocycles. The van der Waals surface area contributed by atoms with Crippen molar-refractivity contribution in [3.8, 4) is 11.9 Å². The second-order valence-corrected chi connectivity index (χ2v) is 4.88. The van der Waals surface area contributed by atoms with E-state index in [0.29, 0.717) is 41.9 Å². The van der Waals surface area contributed by atoms with E-state index in [-0.39, 0.29) is 0 Å². The number of nitriles is 1. The van der Waals surface area contributed by atoms with Crippen molar-refractivity contribution in [1.82, 2.24) is 4.98 Å². The van der Waals surface area contributed by atoms with Gasteiger partial charge in [0.1, 0.15) is 12.7 Å². The zero-order valence-corrected chi connectivity index (χ0v) is 12.9. The van der Waals surface area contributed by atoms with Crippen LogP contribution in [-0.4, -0.2) is 25.3 Å². The van der Waals surface area contributed by atoms with Crippen molar-refractivity contribution in [2.75, 3.05) is 25.6 Å². The third-order valence-corrected chi connectivity index (χ3v) is 3.25. The maximum atomic E-state index is 9.09. The Balaban J connectivity index is 1.96. The number of ether oxygens (including phenoxy) is 2. The summed E-state index contributed by atoms with van der Waals surface area (Å²) in [7, 11) is 1.62. The molecule has 0 aliphatic rings. The maximum Gasteiger partial charge on any atom is 0.213 e. The number of anilines is 1. The summed E-state index contributed by atoms with van der Waals surface area (Å²) in [5.41, 5.74) is 2.11. The Hall–Kier alpha value is -2.29. The van der Waals surface area contributed by atoms with Gasteiger partial charge in [0.15, 0.2) is 0 Å². The van der Waals surface area contributed by atoms with Crippen molar-refractivity contribution in [1.29, 1.82) is 5.26 Å². The highest BCUT2D eigenvalue weighted by Gasteiger charge is 2.06. The van der Waals surface area contributed by atoms with Gasteiger partial charge in [-0.25, -0.2) is 4.98 Å². The number of pyridine rings is 1.